The minimum Gasteiger partial charge on any atom is -0.673 e. The molecule has 0 spiro atoms. The van der Waals surface area contributed by atoms with Crippen LogP contribution in [0.2, 0.25) is 0 Å². The van der Waals surface area contributed by atoms with Crippen molar-refractivity contribution in [3.05, 3.63) is 18.1 Å². The van der Waals surface area contributed by atoms with Gasteiger partial charge in [-0.05, 0) is 12.3 Å². The Morgan fingerprint density at radius 3 is 1.65 bits per heavy atom. The van der Waals surface area contributed by atoms with Crippen molar-refractivity contribution in [3.8, 4) is 0 Å². The van der Waals surface area contributed by atoms with Gasteiger partial charge in [-0.2, -0.15) is 0 Å². The molecule has 0 aliphatic heterocycles. The predicted molar refractivity (Wildman–Crippen MR) is 101 cm³/mol. The van der Waals surface area contributed by atoms with Crippen molar-refractivity contribution in [3.63, 3.8) is 0 Å². The van der Waals surface area contributed by atoms with Gasteiger partial charge < -0.3 is 22.8 Å². The summed E-state index contributed by atoms with van der Waals surface area (Å²) in [5, 5.41) is 9.06. The third-order valence-electron chi connectivity index (χ3n) is 3.35. The fourth-order valence-corrected chi connectivity index (χ4v) is 2.73. The second-order valence-electron chi connectivity index (χ2n) is 8.16. The number of hydrogen-bond donors (Lipinski definition) is 0. The van der Waals surface area contributed by atoms with Crippen LogP contribution in [-0.4, -0.2) is 31.0 Å². The summed E-state index contributed by atoms with van der Waals surface area (Å²) in [5.74, 6) is 0.991. The molecule has 0 aromatic rings. The van der Waals surface area contributed by atoms with E-state index in [1.807, 2.05) is 6.92 Å². The Hall–Kier alpha value is 1.07. The van der Waals surface area contributed by atoms with E-state index in [0.29, 0.717) is 0 Å². The quantitative estimate of drug-likeness (QED) is 0.449. The van der Waals surface area contributed by atoms with Crippen LogP contribution in [0.5, 0.6) is 0 Å². The van der Waals surface area contributed by atoms with Crippen LogP contribution in [0.25, 0.3) is 10.6 Å². The summed E-state index contributed by atoms with van der Waals surface area (Å²) in [6.07, 6.45) is 7.19. The molecule has 1 rings (SSSR count). The van der Waals surface area contributed by atoms with Gasteiger partial charge in [0, 0.05) is 13.7 Å². The summed E-state index contributed by atoms with van der Waals surface area (Å²) in [4.78, 5) is 0. The fraction of sp³-hybridized carbons (Fsp3) is 0.947. The maximum atomic E-state index is 5.00. The first-order chi connectivity index (χ1) is 9.53. The maximum Gasteiger partial charge on any atom is 3.00 e. The maximum absolute atomic E-state index is 5.00. The van der Waals surface area contributed by atoms with Crippen LogP contribution in [-0.2, 0) is 4.74 Å². The van der Waals surface area contributed by atoms with Crippen LogP contribution >= 0.6 is 0 Å². The van der Waals surface area contributed by atoms with Gasteiger partial charge >= 0.3 is 35.6 Å². The van der Waals surface area contributed by atoms with Crippen LogP contribution in [0, 0.1) is 48.9 Å². The van der Waals surface area contributed by atoms with E-state index < -0.39 is 0 Å². The molecule has 1 aliphatic carbocycles. The second kappa shape index (κ2) is 14.3. The molecule has 23 heavy (non-hydrogen) atoms. The average molecular weight is 452 g/mol. The van der Waals surface area contributed by atoms with Crippen LogP contribution in [0.4, 0.5) is 0 Å². The van der Waals surface area contributed by atoms with Gasteiger partial charge in [-0.3, -0.25) is 0 Å². The number of methoxy groups -OCH3 is 1. The summed E-state index contributed by atoms with van der Waals surface area (Å²) in [6, 6.07) is 0. The van der Waals surface area contributed by atoms with Crippen molar-refractivity contribution in [2.24, 2.45) is 5.92 Å². The molecule has 0 atom stereocenters. The number of nitrogens with zero attached hydrogens (tertiary/aromatic N) is 2. The Balaban J connectivity index is -0.000000329. The zero-order valence-corrected chi connectivity index (χ0v) is 20.9. The summed E-state index contributed by atoms with van der Waals surface area (Å²) < 4.78 is 5.00. The van der Waals surface area contributed by atoms with Gasteiger partial charge in [-0.25, -0.2) is 6.17 Å². The third-order valence-corrected chi connectivity index (χ3v) is 3.35. The Morgan fingerprint density at radius 1 is 0.957 bits per heavy atom. The van der Waals surface area contributed by atoms with Gasteiger partial charge in [0.15, 0.2) is 0 Å². The third kappa shape index (κ3) is 21.0. The summed E-state index contributed by atoms with van der Waals surface area (Å²) in [7, 11) is 1.79. The Kier molecular flexibility index (Phi) is 17.9. The summed E-state index contributed by atoms with van der Waals surface area (Å²) >= 11 is 0. The Morgan fingerprint density at radius 2 is 1.35 bits per heavy atom. The molecule has 0 aromatic carbocycles. The van der Waals surface area contributed by atoms with Crippen LogP contribution in [0.3, 0.4) is 0 Å². The zero-order valence-electron chi connectivity index (χ0n) is 17.3. The number of rotatable bonds is 5. The van der Waals surface area contributed by atoms with E-state index in [4.69, 9.17) is 4.74 Å². The number of ether oxygens (including phenoxy) is 1. The first-order valence-electron chi connectivity index (χ1n) is 8.46. The summed E-state index contributed by atoms with van der Waals surface area (Å²) in [6.45, 7) is 15.6. The molecule has 0 amide bonds. The first kappa shape index (κ1) is 28.9. The van der Waals surface area contributed by atoms with Crippen LogP contribution in [0.15, 0.2) is 0 Å². The molecule has 0 radical (unpaired) electrons. The Labute approximate surface area is 175 Å². The molecular weight excluding hydrogens is 411 g/mol. The molecule has 3 nitrogen and oxygen atoms in total. The van der Waals surface area contributed by atoms with E-state index in [0.717, 1.165) is 12.5 Å². The van der Waals surface area contributed by atoms with Crippen molar-refractivity contribution < 1.29 is 40.3 Å². The topological polar surface area (TPSA) is 37.4 Å². The molecule has 1 fully saturated rings. The molecule has 0 saturated heterocycles. The van der Waals surface area contributed by atoms with Gasteiger partial charge in [0.1, 0.15) is 0 Å². The van der Waals surface area contributed by atoms with Crippen LogP contribution < -0.4 is 0 Å². The second-order valence-corrected chi connectivity index (χ2v) is 8.16. The molecule has 0 N–H and O–H groups in total. The van der Waals surface area contributed by atoms with Crippen molar-refractivity contribution in [2.45, 2.75) is 97.8 Å². The molecule has 136 valence electrons. The van der Waals surface area contributed by atoms with E-state index in [2.05, 4.69) is 52.2 Å². The van der Waals surface area contributed by atoms with Crippen LogP contribution in [0.1, 0.15) is 80.6 Å². The van der Waals surface area contributed by atoms with Crippen molar-refractivity contribution in [1.82, 2.24) is 0 Å². The van der Waals surface area contributed by atoms with E-state index in [-0.39, 0.29) is 60.3 Å². The molecule has 1 saturated carbocycles. The van der Waals surface area contributed by atoms with Gasteiger partial charge in [0.25, 0.3) is 0 Å². The monoisotopic (exact) mass is 452 g/mol. The van der Waals surface area contributed by atoms with Crippen molar-refractivity contribution in [2.75, 3.05) is 13.7 Å². The molecule has 0 aromatic heterocycles. The van der Waals surface area contributed by atoms with E-state index in [9.17, 15) is 0 Å². The minimum absolute atomic E-state index is 0. The van der Waals surface area contributed by atoms with Crippen molar-refractivity contribution >= 4 is 0 Å². The Bertz CT molecular complexity index is 237. The normalized spacial score (nSPS) is 15.5. The van der Waals surface area contributed by atoms with E-state index >= 15 is 0 Å². The van der Waals surface area contributed by atoms with E-state index in [1.165, 1.54) is 32.1 Å². The molecule has 0 heterocycles. The van der Waals surface area contributed by atoms with Gasteiger partial charge in [-0.15, -0.1) is 18.0 Å². The molecule has 0 unspecified atom stereocenters. The van der Waals surface area contributed by atoms with E-state index in [1.54, 1.807) is 7.11 Å². The molecule has 0 bridgehead atoms. The standard InChI is InChI=1S/C10H22N2.C8H16O.CH3.La/c1-8(11-9(2,3)4)12-10(5,6)7;1-9-7-6-8-4-2-3-5-8;;/h8H,1-7H3;8H,2-7H2,1H3;1H3;/q-2;;-1;+3. The zero-order chi connectivity index (χ0) is 16.5. The molecule has 4 heteroatoms. The number of hydrogen-bond acceptors (Lipinski definition) is 1. The first-order valence-corrected chi connectivity index (χ1v) is 8.46. The SMILES string of the molecule is CC([N-]C(C)(C)C)[N-]C(C)(C)C.COCCC1CCCC1.[CH3-].[La+3]. The van der Waals surface area contributed by atoms with Gasteiger partial charge in [0.05, 0.1) is 0 Å². The predicted octanol–water partition coefficient (Wildman–Crippen LogP) is 6.34. The largest absolute Gasteiger partial charge is 3.00 e. The van der Waals surface area contributed by atoms with Crippen molar-refractivity contribution in [1.29, 1.82) is 0 Å². The average Bonchev–Trinajstić information content (AvgIpc) is 2.74. The molecular formula is C19H41LaN2O. The van der Waals surface area contributed by atoms with Gasteiger partial charge in [-0.1, -0.05) is 67.2 Å². The summed E-state index contributed by atoms with van der Waals surface area (Å²) in [5.41, 5.74) is 0.0440. The minimum atomic E-state index is 0. The molecule has 1 aliphatic rings. The van der Waals surface area contributed by atoms with Gasteiger partial charge in [0.2, 0.25) is 0 Å². The fourth-order valence-electron chi connectivity index (χ4n) is 2.73. The smallest absolute Gasteiger partial charge is 0.673 e.